The summed E-state index contributed by atoms with van der Waals surface area (Å²) in [5.41, 5.74) is -1.73. The molecule has 0 radical (unpaired) electrons. The van der Waals surface area contributed by atoms with E-state index < -0.39 is 31.5 Å². The van der Waals surface area contributed by atoms with Crippen LogP contribution >= 0.6 is 10.0 Å². The third kappa shape index (κ3) is 4.20. The summed E-state index contributed by atoms with van der Waals surface area (Å²) in [5, 5.41) is 3.07. The smallest absolute Gasteiger partial charge is 0.219 e. The van der Waals surface area contributed by atoms with Gasteiger partial charge in [0, 0.05) is 17.3 Å². The van der Waals surface area contributed by atoms with Crippen LogP contribution in [0.3, 0.4) is 0 Å². The molecule has 1 aliphatic rings. The fourth-order valence-corrected chi connectivity index (χ4v) is 4.07. The van der Waals surface area contributed by atoms with Crippen LogP contribution in [0.2, 0.25) is 0 Å². The summed E-state index contributed by atoms with van der Waals surface area (Å²) >= 11 is 0. The topological polar surface area (TPSA) is 47.0 Å². The molecule has 0 saturated carbocycles. The number of pyridine rings is 1. The van der Waals surface area contributed by atoms with Crippen molar-refractivity contribution in [2.75, 3.05) is 30.3 Å². The van der Waals surface area contributed by atoms with Gasteiger partial charge in [0.05, 0.1) is 11.5 Å². The van der Waals surface area contributed by atoms with Crippen molar-refractivity contribution in [2.24, 2.45) is 0 Å². The lowest BCUT2D eigenvalue weighted by Gasteiger charge is -2.29. The Bertz CT molecular complexity index is 729. The highest BCUT2D eigenvalue weighted by atomic mass is 32.3. The first-order valence-corrected chi connectivity index (χ1v) is 11.5. The minimum atomic E-state index is -3.22. The van der Waals surface area contributed by atoms with Crippen LogP contribution in [-0.2, 0) is 15.5 Å². The Morgan fingerprint density at radius 3 is 2.41 bits per heavy atom. The summed E-state index contributed by atoms with van der Waals surface area (Å²) in [6.45, 7) is 0. The molecule has 1 aliphatic heterocycles. The van der Waals surface area contributed by atoms with E-state index in [4.69, 9.17) is 0 Å². The summed E-state index contributed by atoms with van der Waals surface area (Å²) in [6.07, 6.45) is 6.84. The molecule has 1 aromatic heterocycles. The van der Waals surface area contributed by atoms with E-state index >= 15 is 0 Å². The number of sulfone groups is 1. The summed E-state index contributed by atoms with van der Waals surface area (Å²) in [6, 6.07) is 1.36. The molecule has 1 fully saturated rings. The number of alkyl halides is 1. The van der Waals surface area contributed by atoms with Crippen LogP contribution in [-0.4, -0.2) is 43.7 Å². The van der Waals surface area contributed by atoms with Crippen molar-refractivity contribution in [1.82, 2.24) is 4.98 Å². The van der Waals surface area contributed by atoms with Gasteiger partial charge in [0.25, 0.3) is 0 Å². The van der Waals surface area contributed by atoms with Gasteiger partial charge >= 0.3 is 0 Å². The molecule has 1 aromatic rings. The van der Waals surface area contributed by atoms with Gasteiger partial charge in [0.2, 0.25) is 5.95 Å². The highest BCUT2D eigenvalue weighted by Gasteiger charge is 2.41. The van der Waals surface area contributed by atoms with E-state index in [2.05, 4.69) is 16.2 Å². The maximum atomic E-state index is 15.0. The van der Waals surface area contributed by atoms with E-state index in [9.17, 15) is 17.2 Å². The molecule has 2 rings (SSSR count). The van der Waals surface area contributed by atoms with Crippen LogP contribution in [0.25, 0.3) is 0 Å². The first-order chi connectivity index (χ1) is 10.0. The van der Waals surface area contributed by atoms with Gasteiger partial charge in [0.1, 0.15) is 5.67 Å². The Morgan fingerprint density at radius 1 is 1.27 bits per heavy atom. The van der Waals surface area contributed by atoms with E-state index in [1.54, 1.807) is 0 Å². The molecule has 1 saturated heterocycles. The maximum absolute atomic E-state index is 15.0. The Balaban J connectivity index is 2.36. The van der Waals surface area contributed by atoms with Gasteiger partial charge in [0.15, 0.2) is 9.84 Å². The Kier molecular flexibility index (Phi) is 4.56. The molecule has 0 N–H and O–H groups in total. The Morgan fingerprint density at radius 2 is 1.86 bits per heavy atom. The predicted molar refractivity (Wildman–Crippen MR) is 87.1 cm³/mol. The van der Waals surface area contributed by atoms with E-state index in [-0.39, 0.29) is 29.9 Å². The largest absolute Gasteiger partial charge is 0.238 e. The molecule has 2 heterocycles. The van der Waals surface area contributed by atoms with Crippen molar-refractivity contribution in [3.8, 4) is 11.2 Å². The summed E-state index contributed by atoms with van der Waals surface area (Å²) in [4.78, 5) is 3.59. The second-order valence-corrected chi connectivity index (χ2v) is 12.4. The van der Waals surface area contributed by atoms with Crippen molar-refractivity contribution in [2.45, 2.75) is 18.5 Å². The van der Waals surface area contributed by atoms with Gasteiger partial charge in [-0.3, -0.25) is 0 Å². The quantitative estimate of drug-likeness (QED) is 0.579. The fraction of sp³-hybridized carbons (Fsp3) is 0.533. The van der Waals surface area contributed by atoms with Gasteiger partial charge in [-0.2, -0.15) is 14.4 Å². The third-order valence-electron chi connectivity index (χ3n) is 3.44. The van der Waals surface area contributed by atoms with Crippen LogP contribution in [0, 0.1) is 17.1 Å². The monoisotopic (exact) mass is 347 g/mol. The van der Waals surface area contributed by atoms with Crippen molar-refractivity contribution in [3.63, 3.8) is 0 Å². The molecule has 0 bridgehead atoms. The number of halogens is 2. The first kappa shape index (κ1) is 17.2. The minimum absolute atomic E-state index is 0.182. The van der Waals surface area contributed by atoms with E-state index in [1.165, 1.54) is 12.3 Å². The molecule has 3 nitrogen and oxygen atoms in total. The SMILES string of the molecule is CS(C)(C)C#Cc1cnc(F)c(C2(F)CCS(=O)(=O)CC2)c1. The molecule has 0 unspecified atom stereocenters. The highest BCUT2D eigenvalue weighted by Crippen LogP contribution is 2.39. The van der Waals surface area contributed by atoms with Crippen molar-refractivity contribution >= 4 is 19.9 Å². The Labute approximate surface area is 131 Å². The highest BCUT2D eigenvalue weighted by molar-refractivity contribution is 8.35. The van der Waals surface area contributed by atoms with Crippen molar-refractivity contribution in [3.05, 3.63) is 29.3 Å². The molecule has 0 aliphatic carbocycles. The van der Waals surface area contributed by atoms with Gasteiger partial charge in [-0.25, -0.2) is 17.8 Å². The first-order valence-electron chi connectivity index (χ1n) is 6.77. The average molecular weight is 347 g/mol. The van der Waals surface area contributed by atoms with Gasteiger partial charge in [-0.05, 0) is 42.9 Å². The lowest BCUT2D eigenvalue weighted by molar-refractivity contribution is 0.141. The normalized spacial score (nSPS) is 20.8. The lowest BCUT2D eigenvalue weighted by atomic mass is 9.90. The number of aromatic nitrogens is 1. The molecular formula is C15H19F2NO2S2. The van der Waals surface area contributed by atoms with Gasteiger partial charge in [-0.15, -0.1) is 0 Å². The fourth-order valence-electron chi connectivity index (χ4n) is 2.17. The van der Waals surface area contributed by atoms with Gasteiger partial charge < -0.3 is 0 Å². The number of hydrogen-bond donors (Lipinski definition) is 0. The average Bonchev–Trinajstić information content (AvgIpc) is 2.41. The number of nitrogens with zero attached hydrogens (tertiary/aromatic N) is 1. The zero-order valence-corrected chi connectivity index (χ0v) is 14.5. The zero-order valence-electron chi connectivity index (χ0n) is 12.8. The van der Waals surface area contributed by atoms with Crippen LogP contribution < -0.4 is 0 Å². The molecule has 0 amide bonds. The zero-order chi connectivity index (χ0) is 16.6. The second kappa shape index (κ2) is 5.82. The predicted octanol–water partition coefficient (Wildman–Crippen LogP) is 2.60. The number of rotatable bonds is 1. The summed E-state index contributed by atoms with van der Waals surface area (Å²) in [7, 11) is -4.28. The molecule has 122 valence electrons. The van der Waals surface area contributed by atoms with E-state index in [1.807, 2.05) is 18.8 Å². The minimum Gasteiger partial charge on any atom is -0.238 e. The summed E-state index contributed by atoms with van der Waals surface area (Å²) in [5.74, 6) is 1.46. The third-order valence-corrected chi connectivity index (χ3v) is 5.81. The van der Waals surface area contributed by atoms with E-state index in [0.717, 1.165) is 0 Å². The molecule has 22 heavy (non-hydrogen) atoms. The van der Waals surface area contributed by atoms with Crippen molar-refractivity contribution in [1.29, 1.82) is 0 Å². The second-order valence-electron chi connectivity index (χ2n) is 6.24. The molecular weight excluding hydrogens is 328 g/mol. The molecule has 0 spiro atoms. The van der Waals surface area contributed by atoms with Crippen molar-refractivity contribution < 1.29 is 17.2 Å². The van der Waals surface area contributed by atoms with E-state index in [0.29, 0.717) is 5.56 Å². The standard InChI is InChI=1S/C15H19F2NO2S2/c1-21(2,3)7-4-12-10-13(14(16)18-11-12)15(17)5-8-22(19,20)9-6-15/h10-11H,5-6,8-9H2,1-3H3. The van der Waals surface area contributed by atoms with Crippen LogP contribution in [0.5, 0.6) is 0 Å². The summed E-state index contributed by atoms with van der Waals surface area (Å²) < 4.78 is 51.8. The van der Waals surface area contributed by atoms with Crippen LogP contribution in [0.4, 0.5) is 8.78 Å². The number of hydrogen-bond acceptors (Lipinski definition) is 3. The van der Waals surface area contributed by atoms with Crippen LogP contribution in [0.1, 0.15) is 24.0 Å². The molecule has 7 heteroatoms. The lowest BCUT2D eigenvalue weighted by Crippen LogP contribution is -2.34. The van der Waals surface area contributed by atoms with Crippen LogP contribution in [0.15, 0.2) is 12.3 Å². The van der Waals surface area contributed by atoms with Gasteiger partial charge in [-0.1, -0.05) is 5.92 Å². The Hall–Kier alpha value is -1.13. The maximum Gasteiger partial charge on any atom is 0.219 e. The molecule has 0 atom stereocenters. The molecule has 0 aromatic carbocycles.